The van der Waals surface area contributed by atoms with Gasteiger partial charge in [-0.15, -0.1) is 11.6 Å². The molecule has 0 bridgehead atoms. The van der Waals surface area contributed by atoms with Crippen LogP contribution in [0.3, 0.4) is 0 Å². The maximum atomic E-state index is 10.9. The molecule has 9 heteroatoms. The molecule has 0 N–H and O–H groups in total. The lowest BCUT2D eigenvalue weighted by molar-refractivity contribution is -0.385. The quantitative estimate of drug-likeness (QED) is 0.452. The van der Waals surface area contributed by atoms with E-state index in [1.54, 1.807) is 0 Å². The summed E-state index contributed by atoms with van der Waals surface area (Å²) < 4.78 is 5.35. The third-order valence-electron chi connectivity index (χ3n) is 2.07. The van der Waals surface area contributed by atoms with Gasteiger partial charge in [0.25, 0.3) is 5.19 Å². The highest BCUT2D eigenvalue weighted by Gasteiger charge is 2.18. The van der Waals surface area contributed by atoms with Gasteiger partial charge in [0, 0.05) is 17.2 Å². The molecule has 0 saturated carbocycles. The van der Waals surface area contributed by atoms with Crippen molar-refractivity contribution >= 4 is 51.8 Å². The molecule has 0 aliphatic heterocycles. The predicted octanol–water partition coefficient (Wildman–Crippen LogP) is 4.89. The first kappa shape index (κ1) is 14.3. The Labute approximate surface area is 126 Å². The summed E-state index contributed by atoms with van der Waals surface area (Å²) in [5.74, 6) is 0.196. The first-order valence-corrected chi connectivity index (χ1v) is 6.95. The monoisotopic (exact) mass is 338 g/mol. The van der Waals surface area contributed by atoms with Crippen LogP contribution in [0.4, 0.5) is 5.69 Å². The number of halogens is 3. The van der Waals surface area contributed by atoms with E-state index < -0.39 is 4.92 Å². The van der Waals surface area contributed by atoms with Crippen LogP contribution in [0.1, 0.15) is 4.88 Å². The number of nitro groups is 1. The van der Waals surface area contributed by atoms with Crippen molar-refractivity contribution in [3.63, 3.8) is 0 Å². The van der Waals surface area contributed by atoms with E-state index in [0.717, 1.165) is 11.3 Å². The molecule has 1 aromatic carbocycles. The number of ether oxygens (including phenoxy) is 1. The number of rotatable bonds is 4. The van der Waals surface area contributed by atoms with Crippen LogP contribution in [0, 0.1) is 10.1 Å². The summed E-state index contributed by atoms with van der Waals surface area (Å²) in [6.07, 6.45) is 0. The average molecular weight is 340 g/mol. The molecule has 5 nitrogen and oxygen atoms in total. The maximum absolute atomic E-state index is 10.9. The van der Waals surface area contributed by atoms with Crippen molar-refractivity contribution in [3.8, 4) is 10.9 Å². The SMILES string of the molecule is O=[N+]([O-])c1ccc(Cl)cc1Oc1nc(Cl)c(CCl)s1. The average Bonchev–Trinajstić information content (AvgIpc) is 2.69. The Morgan fingerprint density at radius 1 is 1.42 bits per heavy atom. The second kappa shape index (κ2) is 5.92. The van der Waals surface area contributed by atoms with Crippen molar-refractivity contribution in [2.45, 2.75) is 5.88 Å². The van der Waals surface area contributed by atoms with Crippen LogP contribution in [-0.4, -0.2) is 9.91 Å². The second-order valence-electron chi connectivity index (χ2n) is 3.30. The molecule has 0 radical (unpaired) electrons. The van der Waals surface area contributed by atoms with Crippen LogP contribution in [0.15, 0.2) is 18.2 Å². The number of thiazole rings is 1. The van der Waals surface area contributed by atoms with E-state index in [0.29, 0.717) is 9.90 Å². The standard InChI is InChI=1S/C10H5Cl3N2O3S/c11-4-8-9(13)14-10(19-8)18-7-3-5(12)1-2-6(7)15(16)17/h1-3H,4H2. The molecule has 1 heterocycles. The highest BCUT2D eigenvalue weighted by Crippen LogP contribution is 2.37. The number of hydrogen-bond acceptors (Lipinski definition) is 5. The Hall–Kier alpha value is -1.08. The zero-order valence-corrected chi connectivity index (χ0v) is 12.2. The molecule has 0 unspecified atom stereocenters. The van der Waals surface area contributed by atoms with Gasteiger partial charge >= 0.3 is 5.69 Å². The van der Waals surface area contributed by atoms with Crippen LogP contribution >= 0.6 is 46.1 Å². The molecule has 2 rings (SSSR count). The molecular formula is C10H5Cl3N2O3S. The fraction of sp³-hybridized carbons (Fsp3) is 0.100. The first-order chi connectivity index (χ1) is 9.01. The summed E-state index contributed by atoms with van der Waals surface area (Å²) in [6, 6.07) is 4.01. The summed E-state index contributed by atoms with van der Waals surface area (Å²) in [4.78, 5) is 14.8. The third-order valence-corrected chi connectivity index (χ3v) is 4.09. The van der Waals surface area contributed by atoms with Crippen molar-refractivity contribution in [1.29, 1.82) is 0 Å². The molecule has 0 amide bonds. The lowest BCUT2D eigenvalue weighted by atomic mass is 10.3. The van der Waals surface area contributed by atoms with Crippen LogP contribution in [-0.2, 0) is 5.88 Å². The van der Waals surface area contributed by atoms with Crippen LogP contribution < -0.4 is 4.74 Å². The van der Waals surface area contributed by atoms with Gasteiger partial charge in [-0.1, -0.05) is 34.5 Å². The van der Waals surface area contributed by atoms with Gasteiger partial charge in [0.15, 0.2) is 0 Å². The molecule has 1 aromatic heterocycles. The topological polar surface area (TPSA) is 65.3 Å². The van der Waals surface area contributed by atoms with Gasteiger partial charge in [-0.3, -0.25) is 10.1 Å². The molecule has 2 aromatic rings. The largest absolute Gasteiger partial charge is 0.423 e. The van der Waals surface area contributed by atoms with Gasteiger partial charge in [0.2, 0.25) is 5.75 Å². The third kappa shape index (κ3) is 3.27. The van der Waals surface area contributed by atoms with E-state index in [-0.39, 0.29) is 27.7 Å². The Kier molecular flexibility index (Phi) is 4.46. The second-order valence-corrected chi connectivity index (χ2v) is 5.41. The van der Waals surface area contributed by atoms with Crippen molar-refractivity contribution in [1.82, 2.24) is 4.98 Å². The Bertz CT molecular complexity index is 632. The van der Waals surface area contributed by atoms with E-state index in [1.165, 1.54) is 18.2 Å². The van der Waals surface area contributed by atoms with E-state index in [9.17, 15) is 10.1 Å². The number of aromatic nitrogens is 1. The fourth-order valence-electron chi connectivity index (χ4n) is 1.25. The Morgan fingerprint density at radius 3 is 2.74 bits per heavy atom. The molecule has 0 spiro atoms. The normalized spacial score (nSPS) is 10.5. The fourth-order valence-corrected chi connectivity index (χ4v) is 2.75. The summed E-state index contributed by atoms with van der Waals surface area (Å²) >= 11 is 18.4. The van der Waals surface area contributed by atoms with E-state index in [4.69, 9.17) is 39.5 Å². The summed E-state index contributed by atoms with van der Waals surface area (Å²) in [5.41, 5.74) is -0.205. The van der Waals surface area contributed by atoms with Crippen LogP contribution in [0.5, 0.6) is 10.9 Å². The lowest BCUT2D eigenvalue weighted by Crippen LogP contribution is -1.93. The number of benzene rings is 1. The Balaban J connectivity index is 2.36. The number of nitro benzene ring substituents is 1. The van der Waals surface area contributed by atoms with Crippen LogP contribution in [0.2, 0.25) is 10.2 Å². The van der Waals surface area contributed by atoms with Gasteiger partial charge in [-0.05, 0) is 6.07 Å². The highest BCUT2D eigenvalue weighted by atomic mass is 35.5. The van der Waals surface area contributed by atoms with E-state index >= 15 is 0 Å². The zero-order valence-electron chi connectivity index (χ0n) is 9.10. The Morgan fingerprint density at radius 2 is 2.16 bits per heavy atom. The summed E-state index contributed by atoms with van der Waals surface area (Å²) in [5, 5.41) is 11.6. The molecule has 0 aliphatic rings. The van der Waals surface area contributed by atoms with Crippen molar-refractivity contribution in [2.24, 2.45) is 0 Å². The molecular weight excluding hydrogens is 335 g/mol. The summed E-state index contributed by atoms with van der Waals surface area (Å²) in [7, 11) is 0. The van der Waals surface area contributed by atoms with Gasteiger partial charge < -0.3 is 4.74 Å². The van der Waals surface area contributed by atoms with E-state index in [2.05, 4.69) is 4.98 Å². The zero-order chi connectivity index (χ0) is 14.0. The molecule has 0 atom stereocenters. The van der Waals surface area contributed by atoms with Gasteiger partial charge in [0.05, 0.1) is 15.7 Å². The maximum Gasteiger partial charge on any atom is 0.311 e. The van der Waals surface area contributed by atoms with Crippen molar-refractivity contribution in [3.05, 3.63) is 43.4 Å². The molecule has 0 fully saturated rings. The minimum absolute atomic E-state index is 0.00374. The van der Waals surface area contributed by atoms with Crippen molar-refractivity contribution in [2.75, 3.05) is 0 Å². The van der Waals surface area contributed by atoms with Crippen LogP contribution in [0.25, 0.3) is 0 Å². The molecule has 0 saturated heterocycles. The number of nitrogens with zero attached hydrogens (tertiary/aromatic N) is 2. The van der Waals surface area contributed by atoms with E-state index in [1.807, 2.05) is 0 Å². The van der Waals surface area contributed by atoms with Gasteiger partial charge in [0.1, 0.15) is 5.15 Å². The first-order valence-electron chi connectivity index (χ1n) is 4.84. The summed E-state index contributed by atoms with van der Waals surface area (Å²) in [6.45, 7) is 0. The molecule has 100 valence electrons. The minimum Gasteiger partial charge on any atom is -0.423 e. The van der Waals surface area contributed by atoms with Gasteiger partial charge in [-0.25, -0.2) is 0 Å². The number of alkyl halides is 1. The molecule has 19 heavy (non-hydrogen) atoms. The van der Waals surface area contributed by atoms with Gasteiger partial charge in [-0.2, -0.15) is 4.98 Å². The minimum atomic E-state index is -0.566. The lowest BCUT2D eigenvalue weighted by Gasteiger charge is -2.02. The highest BCUT2D eigenvalue weighted by molar-refractivity contribution is 7.14. The predicted molar refractivity (Wildman–Crippen MR) is 74.9 cm³/mol. The molecule has 0 aliphatic carbocycles. The number of hydrogen-bond donors (Lipinski definition) is 0. The smallest absolute Gasteiger partial charge is 0.311 e. The van der Waals surface area contributed by atoms with Crippen molar-refractivity contribution < 1.29 is 9.66 Å².